The molecule has 0 aromatic carbocycles. The summed E-state index contributed by atoms with van der Waals surface area (Å²) in [6.45, 7) is 3.24. The summed E-state index contributed by atoms with van der Waals surface area (Å²) in [5, 5.41) is 4.41. The van der Waals surface area contributed by atoms with Gasteiger partial charge in [-0.05, 0) is 25.1 Å². The lowest BCUT2D eigenvalue weighted by Crippen LogP contribution is -2.41. The molecule has 2 heterocycles. The fourth-order valence-corrected chi connectivity index (χ4v) is 3.90. The first-order chi connectivity index (χ1) is 8.31. The van der Waals surface area contributed by atoms with Crippen LogP contribution in [0.5, 0.6) is 0 Å². The first-order valence-corrected chi connectivity index (χ1v) is 7.67. The molecule has 17 heavy (non-hydrogen) atoms. The Bertz CT molecular complexity index is 331. The maximum atomic E-state index is 4.45. The Morgan fingerprint density at radius 1 is 1.59 bits per heavy atom. The Labute approximate surface area is 108 Å². The fourth-order valence-electron chi connectivity index (χ4n) is 2.47. The summed E-state index contributed by atoms with van der Waals surface area (Å²) < 4.78 is 2.14. The molecule has 1 aliphatic heterocycles. The molecule has 0 saturated carbocycles. The van der Waals surface area contributed by atoms with Crippen molar-refractivity contribution >= 4 is 11.8 Å². The summed E-state index contributed by atoms with van der Waals surface area (Å²) in [6.07, 6.45) is 9.11. The smallest absolute Gasteiger partial charge is 0.109 e. The second-order valence-electron chi connectivity index (χ2n) is 4.73. The van der Waals surface area contributed by atoms with Gasteiger partial charge in [0.2, 0.25) is 0 Å². The van der Waals surface area contributed by atoms with Gasteiger partial charge in [-0.15, -0.1) is 0 Å². The van der Waals surface area contributed by atoms with Crippen LogP contribution in [0.25, 0.3) is 0 Å². The van der Waals surface area contributed by atoms with Crippen molar-refractivity contribution in [1.29, 1.82) is 0 Å². The Morgan fingerprint density at radius 2 is 2.47 bits per heavy atom. The average molecular weight is 253 g/mol. The molecule has 1 saturated heterocycles. The number of hydrogen-bond donors (Lipinski definition) is 1. The van der Waals surface area contributed by atoms with Gasteiger partial charge in [0.25, 0.3) is 0 Å². The molecule has 2 rings (SSSR count). The zero-order valence-corrected chi connectivity index (χ0v) is 11.7. The number of thioether (sulfide) groups is 1. The number of likely N-dealkylation sites (N-methyl/N-ethyl adjacent to an activating group) is 1. The van der Waals surface area contributed by atoms with Crippen molar-refractivity contribution in [2.45, 2.75) is 43.9 Å². The summed E-state index contributed by atoms with van der Waals surface area (Å²) in [7, 11) is 2.08. The Balaban J connectivity index is 1.98. The molecule has 0 aliphatic carbocycles. The standard InChI is InChI=1S/C13H23N3S/c1-3-14-11(12-6-4-5-9-17-12)10-13-15-7-8-16(13)2/h7-8,11-12,14H,3-6,9-10H2,1-2H3. The molecule has 4 heteroatoms. The van der Waals surface area contributed by atoms with Gasteiger partial charge in [-0.3, -0.25) is 0 Å². The van der Waals surface area contributed by atoms with Gasteiger partial charge in [0.05, 0.1) is 0 Å². The van der Waals surface area contributed by atoms with Crippen LogP contribution in [0.4, 0.5) is 0 Å². The average Bonchev–Trinajstić information content (AvgIpc) is 2.76. The maximum absolute atomic E-state index is 4.45. The molecule has 1 aromatic heterocycles. The predicted octanol–water partition coefficient (Wildman–Crippen LogP) is 2.23. The van der Waals surface area contributed by atoms with Gasteiger partial charge in [0, 0.05) is 37.2 Å². The van der Waals surface area contributed by atoms with Crippen LogP contribution in [-0.2, 0) is 13.5 Å². The number of nitrogens with zero attached hydrogens (tertiary/aromatic N) is 2. The molecular formula is C13H23N3S. The van der Waals surface area contributed by atoms with Crippen LogP contribution in [0.2, 0.25) is 0 Å². The molecule has 0 spiro atoms. The van der Waals surface area contributed by atoms with Gasteiger partial charge < -0.3 is 9.88 Å². The van der Waals surface area contributed by atoms with E-state index in [9.17, 15) is 0 Å². The first-order valence-electron chi connectivity index (χ1n) is 6.62. The Hall–Kier alpha value is -0.480. The van der Waals surface area contributed by atoms with Crippen LogP contribution in [0.15, 0.2) is 12.4 Å². The monoisotopic (exact) mass is 253 g/mol. The highest BCUT2D eigenvalue weighted by atomic mass is 32.2. The molecule has 1 aromatic rings. The van der Waals surface area contributed by atoms with Crippen molar-refractivity contribution in [3.8, 4) is 0 Å². The summed E-state index contributed by atoms with van der Waals surface area (Å²) in [6, 6.07) is 0.575. The van der Waals surface area contributed by atoms with Crippen molar-refractivity contribution in [2.75, 3.05) is 12.3 Å². The number of imidazole rings is 1. The van der Waals surface area contributed by atoms with Crippen molar-refractivity contribution in [1.82, 2.24) is 14.9 Å². The van der Waals surface area contributed by atoms with Gasteiger partial charge in [-0.2, -0.15) is 11.8 Å². The van der Waals surface area contributed by atoms with Crippen molar-refractivity contribution in [3.63, 3.8) is 0 Å². The van der Waals surface area contributed by atoms with Crippen LogP contribution in [0.3, 0.4) is 0 Å². The highest BCUT2D eigenvalue weighted by molar-refractivity contribution is 8.00. The number of rotatable bonds is 5. The third kappa shape index (κ3) is 3.49. The molecule has 0 amide bonds. The van der Waals surface area contributed by atoms with E-state index < -0.39 is 0 Å². The van der Waals surface area contributed by atoms with E-state index in [1.165, 1.54) is 30.8 Å². The van der Waals surface area contributed by atoms with Gasteiger partial charge in [0.15, 0.2) is 0 Å². The first kappa shape index (κ1) is 13.0. The normalized spacial score (nSPS) is 22.6. The lowest BCUT2D eigenvalue weighted by molar-refractivity contribution is 0.460. The van der Waals surface area contributed by atoms with E-state index >= 15 is 0 Å². The minimum atomic E-state index is 0.575. The van der Waals surface area contributed by atoms with Crippen LogP contribution < -0.4 is 5.32 Å². The van der Waals surface area contributed by atoms with Crippen molar-refractivity contribution in [3.05, 3.63) is 18.2 Å². The number of aryl methyl sites for hydroxylation is 1. The van der Waals surface area contributed by atoms with E-state index in [0.29, 0.717) is 6.04 Å². The number of aromatic nitrogens is 2. The summed E-state index contributed by atoms with van der Waals surface area (Å²) in [5.74, 6) is 2.52. The molecule has 1 aliphatic rings. The zero-order valence-electron chi connectivity index (χ0n) is 10.9. The maximum Gasteiger partial charge on any atom is 0.109 e. The molecular weight excluding hydrogens is 230 g/mol. The van der Waals surface area contributed by atoms with Gasteiger partial charge in [0.1, 0.15) is 5.82 Å². The van der Waals surface area contributed by atoms with Crippen LogP contribution in [0, 0.1) is 0 Å². The van der Waals surface area contributed by atoms with Gasteiger partial charge in [-0.1, -0.05) is 13.3 Å². The second kappa shape index (κ2) is 6.45. The number of hydrogen-bond acceptors (Lipinski definition) is 3. The van der Waals surface area contributed by atoms with E-state index in [4.69, 9.17) is 0 Å². The third-order valence-corrected chi connectivity index (χ3v) is 4.97. The zero-order chi connectivity index (χ0) is 12.1. The van der Waals surface area contributed by atoms with Gasteiger partial charge >= 0.3 is 0 Å². The van der Waals surface area contributed by atoms with E-state index in [1.54, 1.807) is 0 Å². The van der Waals surface area contributed by atoms with Crippen molar-refractivity contribution < 1.29 is 0 Å². The van der Waals surface area contributed by atoms with E-state index in [-0.39, 0.29) is 0 Å². The SMILES string of the molecule is CCNC(Cc1nccn1C)C1CCCCS1. The van der Waals surface area contributed by atoms with E-state index in [1.807, 2.05) is 12.4 Å². The molecule has 2 atom stereocenters. The number of nitrogens with one attached hydrogen (secondary N) is 1. The van der Waals surface area contributed by atoms with Crippen molar-refractivity contribution in [2.24, 2.45) is 7.05 Å². The molecule has 3 nitrogen and oxygen atoms in total. The molecule has 0 bridgehead atoms. The minimum absolute atomic E-state index is 0.575. The van der Waals surface area contributed by atoms with Crippen LogP contribution in [-0.4, -0.2) is 33.1 Å². The highest BCUT2D eigenvalue weighted by Gasteiger charge is 2.24. The van der Waals surface area contributed by atoms with E-state index in [0.717, 1.165) is 18.2 Å². The summed E-state index contributed by atoms with van der Waals surface area (Å²) >= 11 is 2.14. The fraction of sp³-hybridized carbons (Fsp3) is 0.769. The molecule has 1 fully saturated rings. The van der Waals surface area contributed by atoms with Crippen LogP contribution >= 0.6 is 11.8 Å². The lowest BCUT2D eigenvalue weighted by Gasteiger charge is -2.30. The van der Waals surface area contributed by atoms with Gasteiger partial charge in [-0.25, -0.2) is 4.98 Å². The summed E-state index contributed by atoms with van der Waals surface area (Å²) in [5.41, 5.74) is 0. The predicted molar refractivity (Wildman–Crippen MR) is 74.5 cm³/mol. The molecule has 0 radical (unpaired) electrons. The quantitative estimate of drug-likeness (QED) is 0.872. The Kier molecular flexibility index (Phi) is 4.92. The molecule has 96 valence electrons. The van der Waals surface area contributed by atoms with Crippen LogP contribution in [0.1, 0.15) is 32.0 Å². The minimum Gasteiger partial charge on any atom is -0.338 e. The molecule has 2 unspecified atom stereocenters. The highest BCUT2D eigenvalue weighted by Crippen LogP contribution is 2.28. The largest absolute Gasteiger partial charge is 0.338 e. The molecule has 1 N–H and O–H groups in total. The Morgan fingerprint density at radius 3 is 3.06 bits per heavy atom. The third-order valence-electron chi connectivity index (χ3n) is 3.45. The second-order valence-corrected chi connectivity index (χ2v) is 6.07. The summed E-state index contributed by atoms with van der Waals surface area (Å²) in [4.78, 5) is 4.45. The lowest BCUT2D eigenvalue weighted by atomic mass is 10.0. The topological polar surface area (TPSA) is 29.9 Å². The van der Waals surface area contributed by atoms with E-state index in [2.05, 4.69) is 40.6 Å².